The molecule has 2 heterocycles. The topological polar surface area (TPSA) is 64.1 Å². The number of benzene rings is 1. The number of hydrogen-bond acceptors (Lipinski definition) is 5. The third kappa shape index (κ3) is 5.87. The van der Waals surface area contributed by atoms with Crippen molar-refractivity contribution in [3.8, 4) is 17.0 Å². The number of halogens is 1. The van der Waals surface area contributed by atoms with Crippen molar-refractivity contribution < 1.29 is 9.53 Å². The van der Waals surface area contributed by atoms with Crippen LogP contribution in [0.25, 0.3) is 11.3 Å². The van der Waals surface area contributed by atoms with E-state index >= 15 is 0 Å². The van der Waals surface area contributed by atoms with E-state index in [4.69, 9.17) is 4.74 Å². The fraction of sp³-hybridized carbons (Fsp3) is 0.286. The van der Waals surface area contributed by atoms with E-state index in [0.29, 0.717) is 19.4 Å². The summed E-state index contributed by atoms with van der Waals surface area (Å²) in [6.07, 6.45) is 6.46. The van der Waals surface area contributed by atoms with E-state index in [1.54, 1.807) is 30.8 Å². The maximum absolute atomic E-state index is 12.1. The number of ether oxygens (including phenoxy) is 1. The van der Waals surface area contributed by atoms with E-state index in [1.165, 1.54) is 0 Å². The van der Waals surface area contributed by atoms with Gasteiger partial charge in [-0.2, -0.15) is 0 Å². The normalized spacial score (nSPS) is 10.6. The van der Waals surface area contributed by atoms with Crippen LogP contribution in [0.1, 0.15) is 23.4 Å². The van der Waals surface area contributed by atoms with Crippen molar-refractivity contribution in [3.05, 3.63) is 63.1 Å². The van der Waals surface area contributed by atoms with Crippen LogP contribution in [-0.2, 0) is 17.6 Å². The number of hydrogen-bond donors (Lipinski definition) is 1. The highest BCUT2D eigenvalue weighted by molar-refractivity contribution is 9.10. The highest BCUT2D eigenvalue weighted by Gasteiger charge is 2.07. The Balaban J connectivity index is 1.37. The molecule has 0 fully saturated rings. The number of carbonyl (C=O) groups is 1. The molecule has 1 amide bonds. The lowest BCUT2D eigenvalue weighted by atomic mass is 10.1. The molecule has 7 heteroatoms. The average Bonchev–Trinajstić information content (AvgIpc) is 3.19. The van der Waals surface area contributed by atoms with Gasteiger partial charge in [0.15, 0.2) is 0 Å². The van der Waals surface area contributed by atoms with Crippen molar-refractivity contribution in [2.24, 2.45) is 0 Å². The summed E-state index contributed by atoms with van der Waals surface area (Å²) in [5.74, 6) is 0.867. The monoisotopic (exact) mass is 459 g/mol. The molecule has 5 nitrogen and oxygen atoms in total. The Labute approximate surface area is 177 Å². The number of nitrogens with zero attached hydrogens (tertiary/aromatic N) is 2. The quantitative estimate of drug-likeness (QED) is 0.472. The van der Waals surface area contributed by atoms with Crippen LogP contribution in [0.15, 0.2) is 52.6 Å². The molecule has 0 atom stereocenters. The molecule has 1 N–H and O–H groups in total. The van der Waals surface area contributed by atoms with Crippen LogP contribution in [0.2, 0.25) is 0 Å². The lowest BCUT2D eigenvalue weighted by Gasteiger charge is -2.07. The summed E-state index contributed by atoms with van der Waals surface area (Å²) in [4.78, 5) is 20.7. The summed E-state index contributed by atoms with van der Waals surface area (Å²) < 4.78 is 6.13. The molecule has 0 saturated heterocycles. The molecule has 0 aliphatic rings. The number of thiazole rings is 1. The third-order valence-corrected chi connectivity index (χ3v) is 5.80. The molecule has 0 radical (unpaired) electrons. The zero-order valence-electron chi connectivity index (χ0n) is 15.7. The molecule has 0 spiro atoms. The van der Waals surface area contributed by atoms with Crippen molar-refractivity contribution in [2.75, 3.05) is 13.7 Å². The Morgan fingerprint density at radius 1 is 1.21 bits per heavy atom. The molecule has 3 aromatic rings. The standard InChI is InChI=1S/C21H22BrN3O2S/c1-27-19-6-4-15(13-17(19)22)5-7-20(26)24-10-2-3-21-25-18(14-28-21)16-8-11-23-12-9-16/h4,6,8-9,11-14H,2-3,5,7,10H2,1H3,(H,24,26). The summed E-state index contributed by atoms with van der Waals surface area (Å²) in [7, 11) is 1.64. The van der Waals surface area contributed by atoms with Gasteiger partial charge < -0.3 is 10.1 Å². The van der Waals surface area contributed by atoms with Crippen LogP contribution < -0.4 is 10.1 Å². The minimum atomic E-state index is 0.0727. The van der Waals surface area contributed by atoms with Crippen molar-refractivity contribution in [1.82, 2.24) is 15.3 Å². The van der Waals surface area contributed by atoms with Gasteiger partial charge in [0.05, 0.1) is 22.3 Å². The second-order valence-electron chi connectivity index (χ2n) is 6.28. The number of nitrogens with one attached hydrogen (secondary N) is 1. The first kappa shape index (κ1) is 20.5. The second kappa shape index (κ2) is 10.3. The predicted octanol–water partition coefficient (Wildman–Crippen LogP) is 4.66. The second-order valence-corrected chi connectivity index (χ2v) is 8.08. The number of carbonyl (C=O) groups excluding carboxylic acids is 1. The molecule has 0 aliphatic heterocycles. The summed E-state index contributed by atoms with van der Waals surface area (Å²) in [5, 5.41) is 6.14. The van der Waals surface area contributed by atoms with Crippen LogP contribution in [0.3, 0.4) is 0 Å². The number of aromatic nitrogens is 2. The number of pyridine rings is 1. The van der Waals surface area contributed by atoms with E-state index in [1.807, 2.05) is 30.3 Å². The maximum atomic E-state index is 12.1. The molecular weight excluding hydrogens is 438 g/mol. The number of aryl methyl sites for hydroxylation is 2. The van der Waals surface area contributed by atoms with Crippen LogP contribution in [0.4, 0.5) is 0 Å². The first-order valence-corrected chi connectivity index (χ1v) is 10.8. The minimum Gasteiger partial charge on any atom is -0.496 e. The van der Waals surface area contributed by atoms with Crippen LogP contribution in [-0.4, -0.2) is 29.5 Å². The Hall–Kier alpha value is -2.25. The van der Waals surface area contributed by atoms with E-state index in [0.717, 1.165) is 44.9 Å². The van der Waals surface area contributed by atoms with E-state index in [2.05, 4.69) is 36.6 Å². The number of amides is 1. The first-order chi connectivity index (χ1) is 13.7. The Kier molecular flexibility index (Phi) is 7.56. The lowest BCUT2D eigenvalue weighted by molar-refractivity contribution is -0.121. The van der Waals surface area contributed by atoms with Gasteiger partial charge in [0.2, 0.25) is 5.91 Å². The lowest BCUT2D eigenvalue weighted by Crippen LogP contribution is -2.24. The molecule has 0 aliphatic carbocycles. The molecule has 1 aromatic carbocycles. The van der Waals surface area contributed by atoms with Gasteiger partial charge in [0, 0.05) is 42.7 Å². The van der Waals surface area contributed by atoms with Gasteiger partial charge >= 0.3 is 0 Å². The summed E-state index contributed by atoms with van der Waals surface area (Å²) in [6.45, 7) is 0.662. The van der Waals surface area contributed by atoms with Gasteiger partial charge in [-0.1, -0.05) is 6.07 Å². The van der Waals surface area contributed by atoms with Crippen LogP contribution >= 0.6 is 27.3 Å². The van der Waals surface area contributed by atoms with Crippen molar-refractivity contribution in [3.63, 3.8) is 0 Å². The summed E-state index contributed by atoms with van der Waals surface area (Å²) in [6, 6.07) is 9.81. The van der Waals surface area contributed by atoms with Gasteiger partial charge in [0.1, 0.15) is 5.75 Å². The Bertz CT molecular complexity index is 915. The SMILES string of the molecule is COc1ccc(CCC(=O)NCCCc2nc(-c3ccncc3)cs2)cc1Br. The smallest absolute Gasteiger partial charge is 0.220 e. The molecule has 0 bridgehead atoms. The average molecular weight is 460 g/mol. The number of methoxy groups -OCH3 is 1. The van der Waals surface area contributed by atoms with Crippen LogP contribution in [0.5, 0.6) is 5.75 Å². The van der Waals surface area contributed by atoms with Crippen molar-refractivity contribution >= 4 is 33.2 Å². The molecule has 0 unspecified atom stereocenters. The highest BCUT2D eigenvalue weighted by atomic mass is 79.9. The fourth-order valence-electron chi connectivity index (χ4n) is 2.76. The molecular formula is C21H22BrN3O2S. The van der Waals surface area contributed by atoms with Gasteiger partial charge in [-0.3, -0.25) is 9.78 Å². The predicted molar refractivity (Wildman–Crippen MR) is 116 cm³/mol. The van der Waals surface area contributed by atoms with Gasteiger partial charge in [0.25, 0.3) is 0 Å². The fourth-order valence-corrected chi connectivity index (χ4v) is 4.20. The Morgan fingerprint density at radius 2 is 2.04 bits per heavy atom. The van der Waals surface area contributed by atoms with Crippen LogP contribution in [0, 0.1) is 0 Å². The number of rotatable bonds is 9. The van der Waals surface area contributed by atoms with E-state index in [9.17, 15) is 4.79 Å². The molecule has 0 saturated carbocycles. The minimum absolute atomic E-state index is 0.0727. The zero-order chi connectivity index (χ0) is 19.8. The Morgan fingerprint density at radius 3 is 2.79 bits per heavy atom. The molecule has 2 aromatic heterocycles. The zero-order valence-corrected chi connectivity index (χ0v) is 18.1. The van der Waals surface area contributed by atoms with E-state index < -0.39 is 0 Å². The van der Waals surface area contributed by atoms with E-state index in [-0.39, 0.29) is 5.91 Å². The van der Waals surface area contributed by atoms with Crippen molar-refractivity contribution in [2.45, 2.75) is 25.7 Å². The molecule has 146 valence electrons. The summed E-state index contributed by atoms with van der Waals surface area (Å²) >= 11 is 5.13. The largest absolute Gasteiger partial charge is 0.496 e. The van der Waals surface area contributed by atoms with Gasteiger partial charge in [-0.25, -0.2) is 4.98 Å². The third-order valence-electron chi connectivity index (χ3n) is 4.27. The van der Waals surface area contributed by atoms with Gasteiger partial charge in [-0.15, -0.1) is 11.3 Å². The molecule has 3 rings (SSSR count). The maximum Gasteiger partial charge on any atom is 0.220 e. The summed E-state index contributed by atoms with van der Waals surface area (Å²) in [5.41, 5.74) is 3.17. The highest BCUT2D eigenvalue weighted by Crippen LogP contribution is 2.26. The van der Waals surface area contributed by atoms with Gasteiger partial charge in [-0.05, 0) is 58.6 Å². The first-order valence-electron chi connectivity index (χ1n) is 9.09. The molecule has 28 heavy (non-hydrogen) atoms. The van der Waals surface area contributed by atoms with Crippen molar-refractivity contribution in [1.29, 1.82) is 0 Å².